The molecule has 2 rings (SSSR count). The lowest BCUT2D eigenvalue weighted by molar-refractivity contribution is 0.305. The Bertz CT molecular complexity index is 559. The number of hydrogen-bond donors (Lipinski definition) is 1. The average Bonchev–Trinajstić information content (AvgIpc) is 2.39. The first-order valence-corrected chi connectivity index (χ1v) is 6.88. The molecule has 0 saturated heterocycles. The smallest absolute Gasteiger partial charge is 0.157 e. The standard InChI is InChI=1S/C15H14Cl2O3/c1-2-19-12-5-3-10(4-6-12)9-20-15-13(16)7-11(18)8-14(15)17/h3-8,18H,2,9H2,1H3. The van der Waals surface area contributed by atoms with Gasteiger partial charge in [-0.25, -0.2) is 0 Å². The number of ether oxygens (including phenoxy) is 2. The van der Waals surface area contributed by atoms with Gasteiger partial charge in [-0.15, -0.1) is 0 Å². The van der Waals surface area contributed by atoms with Crippen molar-refractivity contribution in [3.63, 3.8) is 0 Å². The van der Waals surface area contributed by atoms with E-state index in [-0.39, 0.29) is 15.8 Å². The van der Waals surface area contributed by atoms with Gasteiger partial charge in [-0.3, -0.25) is 0 Å². The minimum Gasteiger partial charge on any atom is -0.508 e. The van der Waals surface area contributed by atoms with E-state index in [1.807, 2.05) is 31.2 Å². The highest BCUT2D eigenvalue weighted by atomic mass is 35.5. The van der Waals surface area contributed by atoms with Gasteiger partial charge in [0, 0.05) is 12.1 Å². The number of halogens is 2. The lowest BCUT2D eigenvalue weighted by Gasteiger charge is -2.11. The van der Waals surface area contributed by atoms with Crippen LogP contribution >= 0.6 is 23.2 Å². The molecule has 5 heteroatoms. The van der Waals surface area contributed by atoms with Crippen LogP contribution in [0.25, 0.3) is 0 Å². The maximum Gasteiger partial charge on any atom is 0.157 e. The monoisotopic (exact) mass is 312 g/mol. The van der Waals surface area contributed by atoms with Gasteiger partial charge in [0.15, 0.2) is 5.75 Å². The van der Waals surface area contributed by atoms with Crippen LogP contribution in [0.4, 0.5) is 0 Å². The minimum atomic E-state index is 0.00779. The molecule has 0 aliphatic heterocycles. The largest absolute Gasteiger partial charge is 0.508 e. The molecule has 2 aromatic rings. The molecule has 0 bridgehead atoms. The van der Waals surface area contributed by atoms with Crippen molar-refractivity contribution in [1.82, 2.24) is 0 Å². The molecule has 0 spiro atoms. The van der Waals surface area contributed by atoms with Crippen LogP contribution in [0.5, 0.6) is 17.2 Å². The normalized spacial score (nSPS) is 10.3. The summed E-state index contributed by atoms with van der Waals surface area (Å²) >= 11 is 12.0. The van der Waals surface area contributed by atoms with Crippen molar-refractivity contribution in [3.05, 3.63) is 52.0 Å². The van der Waals surface area contributed by atoms with Gasteiger partial charge in [-0.05, 0) is 24.6 Å². The number of rotatable bonds is 5. The lowest BCUT2D eigenvalue weighted by atomic mass is 10.2. The molecule has 0 aliphatic carbocycles. The second-order valence-electron chi connectivity index (χ2n) is 4.10. The van der Waals surface area contributed by atoms with Crippen LogP contribution in [0.15, 0.2) is 36.4 Å². The number of phenols is 1. The Morgan fingerprint density at radius 2 is 1.60 bits per heavy atom. The Balaban J connectivity index is 2.05. The second kappa shape index (κ2) is 6.73. The zero-order valence-corrected chi connectivity index (χ0v) is 12.4. The molecule has 3 nitrogen and oxygen atoms in total. The summed E-state index contributed by atoms with van der Waals surface area (Å²) in [6.45, 7) is 2.90. The maximum absolute atomic E-state index is 9.35. The summed E-state index contributed by atoms with van der Waals surface area (Å²) in [6.07, 6.45) is 0. The van der Waals surface area contributed by atoms with E-state index in [2.05, 4.69) is 0 Å². The number of phenolic OH excluding ortho intramolecular Hbond substituents is 1. The fraction of sp³-hybridized carbons (Fsp3) is 0.200. The van der Waals surface area contributed by atoms with Crippen molar-refractivity contribution in [2.75, 3.05) is 6.61 Å². The van der Waals surface area contributed by atoms with Crippen molar-refractivity contribution in [2.24, 2.45) is 0 Å². The topological polar surface area (TPSA) is 38.7 Å². The second-order valence-corrected chi connectivity index (χ2v) is 4.92. The molecule has 20 heavy (non-hydrogen) atoms. The van der Waals surface area contributed by atoms with E-state index in [0.717, 1.165) is 11.3 Å². The third-order valence-electron chi connectivity index (χ3n) is 2.60. The van der Waals surface area contributed by atoms with Gasteiger partial charge in [0.2, 0.25) is 0 Å². The Kier molecular flexibility index (Phi) is 4.99. The van der Waals surface area contributed by atoms with Crippen LogP contribution in [0.1, 0.15) is 12.5 Å². The molecule has 1 N–H and O–H groups in total. The van der Waals surface area contributed by atoms with Crippen molar-refractivity contribution in [3.8, 4) is 17.2 Å². The Morgan fingerprint density at radius 1 is 1.00 bits per heavy atom. The van der Waals surface area contributed by atoms with E-state index in [9.17, 15) is 5.11 Å². The Morgan fingerprint density at radius 3 is 2.15 bits per heavy atom. The zero-order valence-electron chi connectivity index (χ0n) is 10.9. The molecule has 0 radical (unpaired) electrons. The van der Waals surface area contributed by atoms with Crippen molar-refractivity contribution in [2.45, 2.75) is 13.5 Å². The van der Waals surface area contributed by atoms with E-state index < -0.39 is 0 Å². The van der Waals surface area contributed by atoms with Crippen LogP contribution in [0, 0.1) is 0 Å². The van der Waals surface area contributed by atoms with Crippen LogP contribution in [-0.4, -0.2) is 11.7 Å². The molecule has 0 heterocycles. The Hall–Kier alpha value is -1.58. The summed E-state index contributed by atoms with van der Waals surface area (Å²) in [4.78, 5) is 0. The van der Waals surface area contributed by atoms with Gasteiger partial charge in [-0.1, -0.05) is 35.3 Å². The number of aromatic hydroxyl groups is 1. The summed E-state index contributed by atoms with van der Waals surface area (Å²) in [5.41, 5.74) is 0.966. The van der Waals surface area contributed by atoms with Gasteiger partial charge in [-0.2, -0.15) is 0 Å². The molecule has 2 aromatic carbocycles. The predicted molar refractivity (Wildman–Crippen MR) is 80.1 cm³/mol. The molecule has 0 aromatic heterocycles. The van der Waals surface area contributed by atoms with Gasteiger partial charge in [0.25, 0.3) is 0 Å². The van der Waals surface area contributed by atoms with Crippen LogP contribution in [0.3, 0.4) is 0 Å². The van der Waals surface area contributed by atoms with Crippen molar-refractivity contribution < 1.29 is 14.6 Å². The van der Waals surface area contributed by atoms with Crippen LogP contribution < -0.4 is 9.47 Å². The molecule has 0 atom stereocenters. The van der Waals surface area contributed by atoms with E-state index in [0.29, 0.717) is 19.0 Å². The summed E-state index contributed by atoms with van der Waals surface area (Å²) < 4.78 is 11.0. The van der Waals surface area contributed by atoms with E-state index >= 15 is 0 Å². The van der Waals surface area contributed by atoms with Gasteiger partial charge < -0.3 is 14.6 Å². The first-order chi connectivity index (χ1) is 9.60. The minimum absolute atomic E-state index is 0.00779. The highest BCUT2D eigenvalue weighted by molar-refractivity contribution is 6.37. The molecule has 0 aliphatic rings. The SMILES string of the molecule is CCOc1ccc(COc2c(Cl)cc(O)cc2Cl)cc1. The van der Waals surface area contributed by atoms with Gasteiger partial charge in [0.1, 0.15) is 18.1 Å². The van der Waals surface area contributed by atoms with Crippen LogP contribution in [0.2, 0.25) is 10.0 Å². The molecular formula is C15H14Cl2O3. The summed E-state index contributed by atoms with van der Waals surface area (Å²) in [5, 5.41) is 9.90. The highest BCUT2D eigenvalue weighted by Gasteiger charge is 2.09. The lowest BCUT2D eigenvalue weighted by Crippen LogP contribution is -1.97. The molecule has 0 amide bonds. The first-order valence-electron chi connectivity index (χ1n) is 6.12. The van der Waals surface area contributed by atoms with Crippen LogP contribution in [-0.2, 0) is 6.61 Å². The van der Waals surface area contributed by atoms with Gasteiger partial charge in [0.05, 0.1) is 16.7 Å². The van der Waals surface area contributed by atoms with E-state index in [4.69, 9.17) is 32.7 Å². The van der Waals surface area contributed by atoms with E-state index in [1.54, 1.807) is 0 Å². The fourth-order valence-corrected chi connectivity index (χ4v) is 2.27. The predicted octanol–water partition coefficient (Wildman–Crippen LogP) is 4.68. The molecule has 0 unspecified atom stereocenters. The van der Waals surface area contributed by atoms with Crippen molar-refractivity contribution in [1.29, 1.82) is 0 Å². The molecule has 0 saturated carbocycles. The molecular weight excluding hydrogens is 299 g/mol. The zero-order chi connectivity index (χ0) is 14.5. The quantitative estimate of drug-likeness (QED) is 0.871. The maximum atomic E-state index is 9.35. The first kappa shape index (κ1) is 14.8. The molecule has 0 fully saturated rings. The summed E-state index contributed by atoms with van der Waals surface area (Å²) in [6, 6.07) is 10.4. The third-order valence-corrected chi connectivity index (χ3v) is 3.16. The number of hydrogen-bond acceptors (Lipinski definition) is 3. The van der Waals surface area contributed by atoms with E-state index in [1.165, 1.54) is 12.1 Å². The summed E-state index contributed by atoms with van der Waals surface area (Å²) in [7, 11) is 0. The third kappa shape index (κ3) is 3.71. The fourth-order valence-electron chi connectivity index (χ4n) is 1.69. The summed E-state index contributed by atoms with van der Waals surface area (Å²) in [5.74, 6) is 1.19. The number of benzene rings is 2. The average molecular weight is 313 g/mol. The molecule has 106 valence electrons. The Labute approximate surface area is 127 Å². The van der Waals surface area contributed by atoms with Crippen molar-refractivity contribution >= 4 is 23.2 Å². The van der Waals surface area contributed by atoms with Gasteiger partial charge >= 0.3 is 0 Å². The highest BCUT2D eigenvalue weighted by Crippen LogP contribution is 2.36.